The molecule has 0 aliphatic heterocycles. The summed E-state index contributed by atoms with van der Waals surface area (Å²) in [5.41, 5.74) is 1.03. The second-order valence-corrected chi connectivity index (χ2v) is 6.51. The number of para-hydroxylation sites is 2. The molecule has 0 atom stereocenters. The van der Waals surface area contributed by atoms with Crippen LogP contribution in [0.5, 0.6) is 5.75 Å². The summed E-state index contributed by atoms with van der Waals surface area (Å²) < 4.78 is 5.20. The lowest BCUT2D eigenvalue weighted by atomic mass is 10.1. The molecule has 0 radical (unpaired) electrons. The van der Waals surface area contributed by atoms with Crippen LogP contribution in [0.4, 0.5) is 17.1 Å². The minimum atomic E-state index is -0.609. The lowest BCUT2D eigenvalue weighted by Crippen LogP contribution is -2.14. The molecule has 0 unspecified atom stereocenters. The van der Waals surface area contributed by atoms with Gasteiger partial charge in [0.05, 0.1) is 28.3 Å². The number of nitrogens with one attached hydrogen (secondary N) is 2. The topological polar surface area (TPSA) is 111 Å². The molecule has 0 saturated heterocycles. The van der Waals surface area contributed by atoms with E-state index in [1.165, 1.54) is 31.4 Å². The number of amides is 2. The van der Waals surface area contributed by atoms with E-state index >= 15 is 0 Å². The van der Waals surface area contributed by atoms with E-state index in [9.17, 15) is 19.7 Å². The average Bonchev–Trinajstić information content (AvgIpc) is 2.74. The smallest absolute Gasteiger partial charge is 0.270 e. The van der Waals surface area contributed by atoms with E-state index in [0.29, 0.717) is 22.7 Å². The van der Waals surface area contributed by atoms with Crippen LogP contribution in [0.1, 0.15) is 20.7 Å². The van der Waals surface area contributed by atoms with Gasteiger partial charge in [0.1, 0.15) is 5.75 Å². The molecular weight excluding hydrogens is 410 g/mol. The Morgan fingerprint density at radius 1 is 0.967 bits per heavy atom. The Balaban J connectivity index is 1.71. The maximum atomic E-state index is 12.4. The Bertz CT molecular complexity index is 1120. The molecule has 8 nitrogen and oxygen atoms in total. The second kappa shape index (κ2) is 9.06. The van der Waals surface area contributed by atoms with Gasteiger partial charge in [0.15, 0.2) is 0 Å². The van der Waals surface area contributed by atoms with Crippen molar-refractivity contribution in [2.45, 2.75) is 0 Å². The summed E-state index contributed by atoms with van der Waals surface area (Å²) >= 11 is 5.98. The summed E-state index contributed by atoms with van der Waals surface area (Å²) in [5.74, 6) is -0.419. The molecule has 0 aliphatic carbocycles. The van der Waals surface area contributed by atoms with Crippen molar-refractivity contribution in [1.82, 2.24) is 0 Å². The molecule has 0 saturated carbocycles. The fourth-order valence-corrected chi connectivity index (χ4v) is 2.85. The summed E-state index contributed by atoms with van der Waals surface area (Å²) in [7, 11) is 1.51. The number of methoxy groups -OCH3 is 1. The van der Waals surface area contributed by atoms with Crippen molar-refractivity contribution in [3.63, 3.8) is 0 Å². The Hall–Kier alpha value is -3.91. The largest absolute Gasteiger partial charge is 0.495 e. The van der Waals surface area contributed by atoms with Gasteiger partial charge >= 0.3 is 0 Å². The van der Waals surface area contributed by atoms with Gasteiger partial charge < -0.3 is 15.4 Å². The zero-order valence-corrected chi connectivity index (χ0v) is 16.5. The molecule has 0 bridgehead atoms. The second-order valence-electron chi connectivity index (χ2n) is 6.11. The van der Waals surface area contributed by atoms with Crippen molar-refractivity contribution >= 4 is 40.5 Å². The Morgan fingerprint density at radius 3 is 2.33 bits per heavy atom. The fraction of sp³-hybridized carbons (Fsp3) is 0.0476. The first-order valence-corrected chi connectivity index (χ1v) is 9.06. The van der Waals surface area contributed by atoms with Crippen molar-refractivity contribution in [1.29, 1.82) is 0 Å². The number of benzene rings is 3. The van der Waals surface area contributed by atoms with Gasteiger partial charge in [-0.3, -0.25) is 19.7 Å². The predicted molar refractivity (Wildman–Crippen MR) is 113 cm³/mol. The Labute approximate surface area is 176 Å². The molecule has 0 aliphatic rings. The van der Waals surface area contributed by atoms with Crippen LogP contribution in [-0.2, 0) is 0 Å². The SMILES string of the molecule is COc1ccccc1NC(=O)c1ccc(NC(=O)c2cc([N+](=O)[O-])ccc2Cl)cc1. The lowest BCUT2D eigenvalue weighted by molar-refractivity contribution is -0.384. The standard InChI is InChI=1S/C21H16ClN3O5/c1-30-19-5-3-2-4-18(19)24-20(26)13-6-8-14(9-7-13)23-21(27)16-12-15(25(28)29)10-11-17(16)22/h2-12H,1H3,(H,23,27)(H,24,26). The number of hydrogen-bond acceptors (Lipinski definition) is 5. The zero-order valence-electron chi connectivity index (χ0n) is 15.7. The van der Waals surface area contributed by atoms with Gasteiger partial charge in [-0.25, -0.2) is 0 Å². The number of anilines is 2. The quantitative estimate of drug-likeness (QED) is 0.437. The van der Waals surface area contributed by atoms with E-state index in [1.54, 1.807) is 36.4 Å². The van der Waals surface area contributed by atoms with Crippen molar-refractivity contribution in [3.05, 3.63) is 93.0 Å². The van der Waals surface area contributed by atoms with Crippen LogP contribution in [-0.4, -0.2) is 23.8 Å². The van der Waals surface area contributed by atoms with Crippen LogP contribution in [0.2, 0.25) is 5.02 Å². The molecule has 152 valence electrons. The molecule has 9 heteroatoms. The van der Waals surface area contributed by atoms with Crippen molar-refractivity contribution < 1.29 is 19.2 Å². The number of nitro benzene ring substituents is 1. The third kappa shape index (κ3) is 4.73. The highest BCUT2D eigenvalue weighted by Crippen LogP contribution is 2.25. The highest BCUT2D eigenvalue weighted by atomic mass is 35.5. The number of rotatable bonds is 6. The normalized spacial score (nSPS) is 10.2. The summed E-state index contributed by atoms with van der Waals surface area (Å²) in [6.45, 7) is 0. The Morgan fingerprint density at radius 2 is 1.67 bits per heavy atom. The fourth-order valence-electron chi connectivity index (χ4n) is 2.65. The Kier molecular flexibility index (Phi) is 6.29. The summed E-state index contributed by atoms with van der Waals surface area (Å²) in [4.78, 5) is 35.2. The molecule has 0 spiro atoms. The number of non-ortho nitro benzene ring substituents is 1. The van der Waals surface area contributed by atoms with Gasteiger partial charge in [-0.2, -0.15) is 0 Å². The van der Waals surface area contributed by atoms with E-state index in [4.69, 9.17) is 16.3 Å². The maximum Gasteiger partial charge on any atom is 0.270 e. The zero-order chi connectivity index (χ0) is 21.7. The van der Waals surface area contributed by atoms with E-state index in [2.05, 4.69) is 10.6 Å². The third-order valence-electron chi connectivity index (χ3n) is 4.17. The van der Waals surface area contributed by atoms with Gasteiger partial charge in [0.25, 0.3) is 17.5 Å². The van der Waals surface area contributed by atoms with Gasteiger partial charge in [0, 0.05) is 23.4 Å². The van der Waals surface area contributed by atoms with E-state index < -0.39 is 10.8 Å². The first-order chi connectivity index (χ1) is 14.4. The van der Waals surface area contributed by atoms with E-state index in [1.807, 2.05) is 0 Å². The number of hydrogen-bond donors (Lipinski definition) is 2. The minimum Gasteiger partial charge on any atom is -0.495 e. The van der Waals surface area contributed by atoms with Gasteiger partial charge in [-0.05, 0) is 42.5 Å². The van der Waals surface area contributed by atoms with Crippen LogP contribution in [0.3, 0.4) is 0 Å². The highest BCUT2D eigenvalue weighted by Gasteiger charge is 2.16. The van der Waals surface area contributed by atoms with Gasteiger partial charge in [0.2, 0.25) is 0 Å². The average molecular weight is 426 g/mol. The van der Waals surface area contributed by atoms with Crippen molar-refractivity contribution in [2.24, 2.45) is 0 Å². The molecule has 3 aromatic carbocycles. The predicted octanol–water partition coefficient (Wildman–Crippen LogP) is 4.76. The van der Waals surface area contributed by atoms with Gasteiger partial charge in [-0.15, -0.1) is 0 Å². The molecule has 30 heavy (non-hydrogen) atoms. The van der Waals surface area contributed by atoms with Crippen LogP contribution < -0.4 is 15.4 Å². The molecule has 3 rings (SSSR count). The van der Waals surface area contributed by atoms with Crippen LogP contribution >= 0.6 is 11.6 Å². The molecular formula is C21H16ClN3O5. The number of nitrogens with zero attached hydrogens (tertiary/aromatic N) is 1. The highest BCUT2D eigenvalue weighted by molar-refractivity contribution is 6.34. The molecule has 0 aromatic heterocycles. The third-order valence-corrected chi connectivity index (χ3v) is 4.50. The molecule has 0 heterocycles. The summed E-state index contributed by atoms with van der Waals surface area (Å²) in [6, 6.07) is 16.8. The lowest BCUT2D eigenvalue weighted by Gasteiger charge is -2.10. The number of halogens is 1. The van der Waals surface area contributed by atoms with Crippen LogP contribution in [0.15, 0.2) is 66.7 Å². The van der Waals surface area contributed by atoms with Crippen LogP contribution in [0, 0.1) is 10.1 Å². The first kappa shape index (κ1) is 20.8. The molecule has 2 N–H and O–H groups in total. The van der Waals surface area contributed by atoms with E-state index in [0.717, 1.165) is 6.07 Å². The summed E-state index contributed by atoms with van der Waals surface area (Å²) in [5, 5.41) is 16.3. The van der Waals surface area contributed by atoms with E-state index in [-0.39, 0.29) is 22.2 Å². The molecule has 3 aromatic rings. The minimum absolute atomic E-state index is 0.0242. The summed E-state index contributed by atoms with van der Waals surface area (Å²) in [6.07, 6.45) is 0. The van der Waals surface area contributed by atoms with Crippen LogP contribution in [0.25, 0.3) is 0 Å². The first-order valence-electron chi connectivity index (χ1n) is 8.69. The number of carbonyl (C=O) groups excluding carboxylic acids is 2. The van der Waals surface area contributed by atoms with Crippen molar-refractivity contribution in [2.75, 3.05) is 17.7 Å². The molecule has 0 fully saturated rings. The monoisotopic (exact) mass is 425 g/mol. The number of ether oxygens (including phenoxy) is 1. The number of nitro groups is 1. The number of carbonyl (C=O) groups is 2. The van der Waals surface area contributed by atoms with Crippen molar-refractivity contribution in [3.8, 4) is 5.75 Å². The van der Waals surface area contributed by atoms with Gasteiger partial charge in [-0.1, -0.05) is 23.7 Å². The maximum absolute atomic E-state index is 12.4. The molecule has 2 amide bonds.